The van der Waals surface area contributed by atoms with Crippen LogP contribution >= 0.6 is 0 Å². The van der Waals surface area contributed by atoms with E-state index in [-0.39, 0.29) is 12.2 Å². The van der Waals surface area contributed by atoms with Gasteiger partial charge in [0.1, 0.15) is 5.82 Å². The summed E-state index contributed by atoms with van der Waals surface area (Å²) < 4.78 is 5.76. The number of pyridine rings is 1. The second kappa shape index (κ2) is 4.70. The number of rotatable bonds is 1. The summed E-state index contributed by atoms with van der Waals surface area (Å²) in [5.41, 5.74) is 7.54. The van der Waals surface area contributed by atoms with E-state index >= 15 is 0 Å². The molecule has 2 unspecified atom stereocenters. The van der Waals surface area contributed by atoms with Crippen molar-refractivity contribution < 1.29 is 4.74 Å². The number of benzene rings is 1. The summed E-state index contributed by atoms with van der Waals surface area (Å²) in [5, 5.41) is 1.08. The maximum atomic E-state index is 5.79. The van der Waals surface area contributed by atoms with Crippen LogP contribution in [0.15, 0.2) is 30.3 Å². The van der Waals surface area contributed by atoms with Crippen LogP contribution in [0.4, 0.5) is 11.5 Å². The predicted octanol–water partition coefficient (Wildman–Crippen LogP) is 2.43. The van der Waals surface area contributed by atoms with E-state index in [0.29, 0.717) is 0 Å². The number of morpholine rings is 1. The SMILES string of the molecule is CC1CN(c2ccc3cc(N)ccc3n2)CC(C)O1. The molecule has 1 aromatic heterocycles. The maximum Gasteiger partial charge on any atom is 0.129 e. The van der Waals surface area contributed by atoms with Gasteiger partial charge >= 0.3 is 0 Å². The Balaban J connectivity index is 1.94. The minimum atomic E-state index is 0.243. The van der Waals surface area contributed by atoms with E-state index in [2.05, 4.69) is 30.9 Å². The molecule has 4 nitrogen and oxygen atoms in total. The van der Waals surface area contributed by atoms with Crippen molar-refractivity contribution in [3.8, 4) is 0 Å². The van der Waals surface area contributed by atoms with Crippen LogP contribution in [-0.2, 0) is 4.74 Å². The fourth-order valence-corrected chi connectivity index (χ4v) is 2.67. The highest BCUT2D eigenvalue weighted by Gasteiger charge is 2.23. The number of aromatic nitrogens is 1. The molecule has 1 aliphatic heterocycles. The molecule has 1 saturated heterocycles. The summed E-state index contributed by atoms with van der Waals surface area (Å²) in [7, 11) is 0. The molecule has 0 bridgehead atoms. The zero-order valence-electron chi connectivity index (χ0n) is 11.3. The van der Waals surface area contributed by atoms with Gasteiger partial charge in [-0.05, 0) is 44.2 Å². The summed E-state index contributed by atoms with van der Waals surface area (Å²) in [6.45, 7) is 5.98. The molecular weight excluding hydrogens is 238 g/mol. The topological polar surface area (TPSA) is 51.4 Å². The molecule has 2 N–H and O–H groups in total. The number of anilines is 2. The van der Waals surface area contributed by atoms with Gasteiger partial charge < -0.3 is 15.4 Å². The van der Waals surface area contributed by atoms with Gasteiger partial charge in [0, 0.05) is 24.2 Å². The first-order valence-electron chi connectivity index (χ1n) is 6.68. The van der Waals surface area contributed by atoms with Gasteiger partial charge in [-0.25, -0.2) is 4.98 Å². The Bertz CT molecular complexity index is 589. The van der Waals surface area contributed by atoms with Gasteiger partial charge in [-0.3, -0.25) is 0 Å². The number of nitrogens with two attached hydrogens (primary N) is 1. The molecular formula is C15H19N3O. The third-order valence-corrected chi connectivity index (χ3v) is 3.44. The molecule has 4 heteroatoms. The standard InChI is InChI=1S/C15H19N3O/c1-10-8-18(9-11(2)19-10)15-6-3-12-7-13(16)4-5-14(12)17-15/h3-7,10-11H,8-9,16H2,1-2H3. The largest absolute Gasteiger partial charge is 0.399 e. The molecule has 100 valence electrons. The number of ether oxygens (including phenoxy) is 1. The third kappa shape index (κ3) is 2.49. The lowest BCUT2D eigenvalue weighted by Crippen LogP contribution is -2.45. The third-order valence-electron chi connectivity index (χ3n) is 3.44. The Kier molecular flexibility index (Phi) is 3.03. The van der Waals surface area contributed by atoms with E-state index in [1.807, 2.05) is 18.2 Å². The summed E-state index contributed by atoms with van der Waals surface area (Å²) >= 11 is 0. The molecule has 3 rings (SSSR count). The average molecular weight is 257 g/mol. The lowest BCUT2D eigenvalue weighted by atomic mass is 10.2. The Morgan fingerprint density at radius 1 is 1.16 bits per heavy atom. The van der Waals surface area contributed by atoms with E-state index in [4.69, 9.17) is 15.5 Å². The molecule has 2 aromatic rings. The Hall–Kier alpha value is -1.81. The molecule has 0 saturated carbocycles. The van der Waals surface area contributed by atoms with Gasteiger partial charge in [0.25, 0.3) is 0 Å². The molecule has 1 fully saturated rings. The van der Waals surface area contributed by atoms with Crippen LogP contribution in [0.25, 0.3) is 10.9 Å². The number of fused-ring (bicyclic) bond motifs is 1. The fraction of sp³-hybridized carbons (Fsp3) is 0.400. The van der Waals surface area contributed by atoms with Crippen LogP contribution in [0, 0.1) is 0 Å². The first kappa shape index (κ1) is 12.2. The first-order valence-corrected chi connectivity index (χ1v) is 6.68. The second-order valence-corrected chi connectivity index (χ2v) is 5.28. The van der Waals surface area contributed by atoms with Gasteiger partial charge in [0.15, 0.2) is 0 Å². The number of nitrogen functional groups attached to an aromatic ring is 1. The van der Waals surface area contributed by atoms with Crippen molar-refractivity contribution in [2.24, 2.45) is 0 Å². The van der Waals surface area contributed by atoms with Crippen molar-refractivity contribution in [3.63, 3.8) is 0 Å². The van der Waals surface area contributed by atoms with E-state index < -0.39 is 0 Å². The van der Waals surface area contributed by atoms with Crippen molar-refractivity contribution in [2.45, 2.75) is 26.1 Å². The van der Waals surface area contributed by atoms with E-state index in [0.717, 1.165) is 35.5 Å². The molecule has 0 aliphatic carbocycles. The lowest BCUT2D eigenvalue weighted by molar-refractivity contribution is -0.00544. The van der Waals surface area contributed by atoms with E-state index in [1.165, 1.54) is 0 Å². The maximum absolute atomic E-state index is 5.79. The molecule has 1 aromatic carbocycles. The van der Waals surface area contributed by atoms with Crippen LogP contribution < -0.4 is 10.6 Å². The quantitative estimate of drug-likeness (QED) is 0.797. The predicted molar refractivity (Wildman–Crippen MR) is 78.4 cm³/mol. The Morgan fingerprint density at radius 3 is 2.63 bits per heavy atom. The number of hydrogen-bond donors (Lipinski definition) is 1. The fourth-order valence-electron chi connectivity index (χ4n) is 2.67. The molecule has 0 radical (unpaired) electrons. The highest BCUT2D eigenvalue weighted by atomic mass is 16.5. The van der Waals surface area contributed by atoms with E-state index in [9.17, 15) is 0 Å². The molecule has 19 heavy (non-hydrogen) atoms. The van der Waals surface area contributed by atoms with Gasteiger partial charge in [0.2, 0.25) is 0 Å². The van der Waals surface area contributed by atoms with Crippen molar-refractivity contribution in [1.29, 1.82) is 0 Å². The van der Waals surface area contributed by atoms with E-state index in [1.54, 1.807) is 0 Å². The van der Waals surface area contributed by atoms with Crippen LogP contribution in [0.1, 0.15) is 13.8 Å². The zero-order valence-corrected chi connectivity index (χ0v) is 11.3. The molecule has 1 aliphatic rings. The zero-order chi connectivity index (χ0) is 13.4. The average Bonchev–Trinajstić information content (AvgIpc) is 2.37. The van der Waals surface area contributed by atoms with Crippen molar-refractivity contribution in [3.05, 3.63) is 30.3 Å². The Morgan fingerprint density at radius 2 is 1.89 bits per heavy atom. The lowest BCUT2D eigenvalue weighted by Gasteiger charge is -2.36. The smallest absolute Gasteiger partial charge is 0.129 e. The molecule has 0 spiro atoms. The van der Waals surface area contributed by atoms with Gasteiger partial charge in [-0.1, -0.05) is 0 Å². The normalized spacial score (nSPS) is 23.8. The minimum absolute atomic E-state index is 0.243. The van der Waals surface area contributed by atoms with Gasteiger partial charge in [-0.15, -0.1) is 0 Å². The minimum Gasteiger partial charge on any atom is -0.399 e. The van der Waals surface area contributed by atoms with Gasteiger partial charge in [0.05, 0.1) is 17.7 Å². The van der Waals surface area contributed by atoms with Crippen LogP contribution in [-0.4, -0.2) is 30.3 Å². The van der Waals surface area contributed by atoms with Crippen molar-refractivity contribution in [1.82, 2.24) is 4.98 Å². The van der Waals surface area contributed by atoms with Crippen LogP contribution in [0.2, 0.25) is 0 Å². The Labute approximate surface area is 113 Å². The summed E-state index contributed by atoms with van der Waals surface area (Å²) in [4.78, 5) is 7.01. The van der Waals surface area contributed by atoms with Crippen molar-refractivity contribution in [2.75, 3.05) is 23.7 Å². The summed E-state index contributed by atoms with van der Waals surface area (Å²) in [5.74, 6) is 1.01. The highest BCUT2D eigenvalue weighted by molar-refractivity contribution is 5.83. The summed E-state index contributed by atoms with van der Waals surface area (Å²) in [6.07, 6.45) is 0.486. The second-order valence-electron chi connectivity index (χ2n) is 5.28. The molecule has 2 heterocycles. The number of nitrogens with zero attached hydrogens (tertiary/aromatic N) is 2. The monoisotopic (exact) mass is 257 g/mol. The first-order chi connectivity index (χ1) is 9.11. The van der Waals surface area contributed by atoms with Crippen LogP contribution in [0.5, 0.6) is 0 Å². The highest BCUT2D eigenvalue weighted by Crippen LogP contribution is 2.22. The molecule has 2 atom stereocenters. The summed E-state index contributed by atoms with van der Waals surface area (Å²) in [6, 6.07) is 9.97. The van der Waals surface area contributed by atoms with Crippen LogP contribution in [0.3, 0.4) is 0 Å². The van der Waals surface area contributed by atoms with Gasteiger partial charge in [-0.2, -0.15) is 0 Å². The molecule has 0 amide bonds. The van der Waals surface area contributed by atoms with Crippen molar-refractivity contribution >= 4 is 22.4 Å². The number of hydrogen-bond acceptors (Lipinski definition) is 4.